The molecule has 1 heterocycles. The van der Waals surface area contributed by atoms with Crippen LogP contribution in [0.15, 0.2) is 12.1 Å². The summed E-state index contributed by atoms with van der Waals surface area (Å²) < 4.78 is 0. The van der Waals surface area contributed by atoms with E-state index in [2.05, 4.69) is 23.8 Å². The molecule has 0 aliphatic rings. The molecule has 1 aromatic carbocycles. The number of phenols is 1. The number of hydrogen-bond acceptors (Lipinski definition) is 2. The Labute approximate surface area is 89.2 Å². The van der Waals surface area contributed by atoms with Gasteiger partial charge in [-0.15, -0.1) is 0 Å². The van der Waals surface area contributed by atoms with Crippen molar-refractivity contribution in [3.05, 3.63) is 23.5 Å². The molecule has 0 radical (unpaired) electrons. The van der Waals surface area contributed by atoms with Crippen molar-refractivity contribution in [1.29, 1.82) is 0 Å². The summed E-state index contributed by atoms with van der Waals surface area (Å²) in [5.74, 6) is 1.59. The van der Waals surface area contributed by atoms with Crippen molar-refractivity contribution >= 4 is 11.0 Å². The van der Waals surface area contributed by atoms with Gasteiger partial charge in [-0.1, -0.05) is 26.8 Å². The Balaban J connectivity index is 2.66. The van der Waals surface area contributed by atoms with Crippen LogP contribution in [0.2, 0.25) is 0 Å². The first-order chi connectivity index (χ1) is 7.13. The number of hydrogen-bond donors (Lipinski definition) is 2. The van der Waals surface area contributed by atoms with Gasteiger partial charge in [0, 0.05) is 5.92 Å². The number of fused-ring (bicyclic) bond motifs is 1. The fraction of sp³-hybridized carbons (Fsp3) is 0.417. The van der Waals surface area contributed by atoms with Gasteiger partial charge in [-0.25, -0.2) is 4.98 Å². The molecule has 1 aromatic heterocycles. The number of nitrogens with one attached hydrogen (secondary N) is 1. The minimum Gasteiger partial charge on any atom is -0.505 e. The molecule has 2 rings (SSSR count). The van der Waals surface area contributed by atoms with Crippen molar-refractivity contribution < 1.29 is 5.11 Å². The molecule has 0 amide bonds. The lowest BCUT2D eigenvalue weighted by Gasteiger charge is -2.00. The fourth-order valence-corrected chi connectivity index (χ4v) is 1.68. The molecule has 0 bridgehead atoms. The summed E-state index contributed by atoms with van der Waals surface area (Å²) >= 11 is 0. The molecule has 0 atom stereocenters. The minimum absolute atomic E-state index is 0.318. The van der Waals surface area contributed by atoms with Crippen LogP contribution in [-0.2, 0) is 6.42 Å². The third-order valence-corrected chi connectivity index (χ3v) is 2.66. The van der Waals surface area contributed by atoms with Gasteiger partial charge < -0.3 is 10.1 Å². The van der Waals surface area contributed by atoms with E-state index >= 15 is 0 Å². The van der Waals surface area contributed by atoms with Crippen LogP contribution in [0.5, 0.6) is 5.75 Å². The molecule has 2 N–H and O–H groups in total. The van der Waals surface area contributed by atoms with Crippen molar-refractivity contribution in [1.82, 2.24) is 9.97 Å². The van der Waals surface area contributed by atoms with Crippen LogP contribution in [0.3, 0.4) is 0 Å². The number of aromatic nitrogens is 2. The van der Waals surface area contributed by atoms with E-state index in [1.165, 1.54) is 0 Å². The highest BCUT2D eigenvalue weighted by Crippen LogP contribution is 2.28. The molecule has 80 valence electrons. The highest BCUT2D eigenvalue weighted by atomic mass is 16.3. The van der Waals surface area contributed by atoms with Gasteiger partial charge in [0.2, 0.25) is 0 Å². The first kappa shape index (κ1) is 10.0. The molecule has 0 fully saturated rings. The summed E-state index contributed by atoms with van der Waals surface area (Å²) in [6.07, 6.45) is 0.825. The Hall–Kier alpha value is -1.51. The molecule has 0 unspecified atom stereocenters. The fourth-order valence-electron chi connectivity index (χ4n) is 1.68. The maximum Gasteiger partial charge on any atom is 0.146 e. The number of rotatable bonds is 2. The van der Waals surface area contributed by atoms with Crippen molar-refractivity contribution in [3.8, 4) is 5.75 Å². The normalized spacial score (nSPS) is 11.5. The van der Waals surface area contributed by atoms with Gasteiger partial charge in [0.15, 0.2) is 0 Å². The maximum absolute atomic E-state index is 9.96. The molecular weight excluding hydrogens is 188 g/mol. The number of aromatic hydroxyl groups is 1. The summed E-state index contributed by atoms with van der Waals surface area (Å²) in [7, 11) is 0. The monoisotopic (exact) mass is 204 g/mol. The Bertz CT molecular complexity index is 486. The molecule has 0 aliphatic carbocycles. The van der Waals surface area contributed by atoms with Crippen molar-refractivity contribution in [2.45, 2.75) is 33.1 Å². The lowest BCUT2D eigenvalue weighted by molar-refractivity contribution is 0.474. The van der Waals surface area contributed by atoms with Crippen LogP contribution in [0.1, 0.15) is 38.1 Å². The molecule has 3 nitrogen and oxygen atoms in total. The molecule has 0 aliphatic heterocycles. The number of H-pyrrole nitrogens is 1. The van der Waals surface area contributed by atoms with Crippen LogP contribution in [-0.4, -0.2) is 15.1 Å². The SMILES string of the molecule is CCc1ccc2[nH]c(C(C)C)nc2c1O. The second kappa shape index (κ2) is 3.57. The Morgan fingerprint density at radius 1 is 1.40 bits per heavy atom. The number of imidazole rings is 1. The molecule has 15 heavy (non-hydrogen) atoms. The topological polar surface area (TPSA) is 48.9 Å². The second-order valence-electron chi connectivity index (χ2n) is 4.10. The molecule has 3 heteroatoms. The average molecular weight is 204 g/mol. The van der Waals surface area contributed by atoms with Gasteiger partial charge in [0.1, 0.15) is 17.1 Å². The average Bonchev–Trinajstić information content (AvgIpc) is 2.63. The molecule has 2 aromatic rings. The number of nitrogens with zero attached hydrogens (tertiary/aromatic N) is 1. The summed E-state index contributed by atoms with van der Waals surface area (Å²) in [4.78, 5) is 7.63. The first-order valence-corrected chi connectivity index (χ1v) is 5.34. The third-order valence-electron chi connectivity index (χ3n) is 2.66. The van der Waals surface area contributed by atoms with Crippen LogP contribution >= 0.6 is 0 Å². The van der Waals surface area contributed by atoms with Gasteiger partial charge in [0.25, 0.3) is 0 Å². The van der Waals surface area contributed by atoms with Crippen LogP contribution in [0.4, 0.5) is 0 Å². The maximum atomic E-state index is 9.96. The van der Waals surface area contributed by atoms with E-state index in [4.69, 9.17) is 0 Å². The zero-order chi connectivity index (χ0) is 11.0. The molecule has 0 saturated heterocycles. The van der Waals surface area contributed by atoms with Crippen LogP contribution in [0, 0.1) is 0 Å². The van der Waals surface area contributed by atoms with Crippen LogP contribution < -0.4 is 0 Å². The zero-order valence-electron chi connectivity index (χ0n) is 9.33. The van der Waals surface area contributed by atoms with Gasteiger partial charge in [-0.3, -0.25) is 0 Å². The highest BCUT2D eigenvalue weighted by Gasteiger charge is 2.11. The number of phenolic OH excluding ortho intramolecular Hbond substituents is 1. The molecule has 0 spiro atoms. The third kappa shape index (κ3) is 1.58. The van der Waals surface area contributed by atoms with Gasteiger partial charge >= 0.3 is 0 Å². The molecular formula is C12H16N2O. The first-order valence-electron chi connectivity index (χ1n) is 5.34. The summed E-state index contributed by atoms with van der Waals surface area (Å²) in [5, 5.41) is 9.96. The van der Waals surface area contributed by atoms with Crippen molar-refractivity contribution in [3.63, 3.8) is 0 Å². The van der Waals surface area contributed by atoms with E-state index in [0.717, 1.165) is 23.3 Å². The summed E-state index contributed by atoms with van der Waals surface area (Å²) in [5.41, 5.74) is 2.55. The predicted molar refractivity (Wildman–Crippen MR) is 61.2 cm³/mol. The Morgan fingerprint density at radius 3 is 2.73 bits per heavy atom. The number of aromatic amines is 1. The van der Waals surface area contributed by atoms with E-state index in [1.54, 1.807) is 0 Å². The van der Waals surface area contributed by atoms with E-state index in [1.807, 2.05) is 19.1 Å². The Morgan fingerprint density at radius 2 is 2.13 bits per heavy atom. The lowest BCUT2D eigenvalue weighted by atomic mass is 10.1. The highest BCUT2D eigenvalue weighted by molar-refractivity contribution is 5.83. The Kier molecular flexibility index (Phi) is 2.39. The summed E-state index contributed by atoms with van der Waals surface area (Å²) in [6, 6.07) is 3.92. The predicted octanol–water partition coefficient (Wildman–Crippen LogP) is 2.95. The number of aryl methyl sites for hydroxylation is 1. The largest absolute Gasteiger partial charge is 0.505 e. The van der Waals surface area contributed by atoms with Gasteiger partial charge in [0.05, 0.1) is 5.52 Å². The molecule has 0 saturated carbocycles. The summed E-state index contributed by atoms with van der Waals surface area (Å²) in [6.45, 7) is 6.18. The van der Waals surface area contributed by atoms with Crippen molar-refractivity contribution in [2.75, 3.05) is 0 Å². The van der Waals surface area contributed by atoms with Gasteiger partial charge in [-0.05, 0) is 18.1 Å². The number of benzene rings is 1. The van der Waals surface area contributed by atoms with Crippen LogP contribution in [0.25, 0.3) is 11.0 Å². The van der Waals surface area contributed by atoms with E-state index in [-0.39, 0.29) is 0 Å². The second-order valence-corrected chi connectivity index (χ2v) is 4.10. The minimum atomic E-state index is 0.318. The standard InChI is InChI=1S/C12H16N2O/c1-4-8-5-6-9-10(11(8)15)14-12(13-9)7(2)3/h5-7,15H,4H2,1-3H3,(H,13,14). The van der Waals surface area contributed by atoms with E-state index < -0.39 is 0 Å². The smallest absolute Gasteiger partial charge is 0.146 e. The van der Waals surface area contributed by atoms with Crippen molar-refractivity contribution in [2.24, 2.45) is 0 Å². The quantitative estimate of drug-likeness (QED) is 0.790. The van der Waals surface area contributed by atoms with E-state index in [9.17, 15) is 5.11 Å². The zero-order valence-corrected chi connectivity index (χ0v) is 9.33. The van der Waals surface area contributed by atoms with Gasteiger partial charge in [-0.2, -0.15) is 0 Å². The lowest BCUT2D eigenvalue weighted by Crippen LogP contribution is -1.88. The van der Waals surface area contributed by atoms with E-state index in [0.29, 0.717) is 17.2 Å².